The number of carbonyl (C=O) groups excluding carboxylic acids is 1. The van der Waals surface area contributed by atoms with E-state index in [1.165, 1.54) is 19.3 Å². The van der Waals surface area contributed by atoms with Gasteiger partial charge in [-0.1, -0.05) is 26.7 Å². The zero-order chi connectivity index (χ0) is 14.7. The van der Waals surface area contributed by atoms with Crippen molar-refractivity contribution in [3.63, 3.8) is 0 Å². The minimum atomic E-state index is -0.0262. The smallest absolute Gasteiger partial charge is 0.252 e. The van der Waals surface area contributed by atoms with Gasteiger partial charge in [-0.15, -0.1) is 0 Å². The highest BCUT2D eigenvalue weighted by atomic mass is 79.9. The van der Waals surface area contributed by atoms with Crippen LogP contribution in [0.5, 0.6) is 0 Å². The van der Waals surface area contributed by atoms with Gasteiger partial charge >= 0.3 is 0 Å². The maximum atomic E-state index is 12.5. The average molecular weight is 339 g/mol. The Morgan fingerprint density at radius 1 is 1.35 bits per heavy atom. The van der Waals surface area contributed by atoms with E-state index in [2.05, 4.69) is 35.1 Å². The van der Waals surface area contributed by atoms with E-state index in [0.717, 1.165) is 10.9 Å². The SMILES string of the molecule is CC(C)C1CCCCC1NC(=O)c1cc(N)ccc1Br. The molecule has 0 spiro atoms. The molecule has 0 aromatic heterocycles. The molecule has 0 bridgehead atoms. The first-order valence-corrected chi connectivity index (χ1v) is 8.14. The highest BCUT2D eigenvalue weighted by Crippen LogP contribution is 2.30. The Balaban J connectivity index is 2.11. The van der Waals surface area contributed by atoms with Crippen LogP contribution < -0.4 is 11.1 Å². The Labute approximate surface area is 129 Å². The predicted molar refractivity (Wildman–Crippen MR) is 86.6 cm³/mol. The van der Waals surface area contributed by atoms with Crippen LogP contribution in [0.25, 0.3) is 0 Å². The number of hydrogen-bond acceptors (Lipinski definition) is 2. The minimum absolute atomic E-state index is 0.0262. The summed E-state index contributed by atoms with van der Waals surface area (Å²) >= 11 is 3.42. The van der Waals surface area contributed by atoms with E-state index in [9.17, 15) is 4.79 Å². The molecular formula is C16H23BrN2O. The van der Waals surface area contributed by atoms with Crippen LogP contribution in [0, 0.1) is 11.8 Å². The zero-order valence-electron chi connectivity index (χ0n) is 12.2. The number of nitrogen functional groups attached to an aromatic ring is 1. The van der Waals surface area contributed by atoms with Gasteiger partial charge in [0.2, 0.25) is 0 Å². The van der Waals surface area contributed by atoms with Crippen LogP contribution in [0.3, 0.4) is 0 Å². The van der Waals surface area contributed by atoms with Crippen molar-refractivity contribution in [2.75, 3.05) is 5.73 Å². The van der Waals surface area contributed by atoms with Crippen molar-refractivity contribution in [3.8, 4) is 0 Å². The molecule has 0 aliphatic heterocycles. The van der Waals surface area contributed by atoms with Gasteiger partial charge in [-0.05, 0) is 58.8 Å². The Kier molecular flexibility index (Phi) is 5.08. The largest absolute Gasteiger partial charge is 0.399 e. The molecule has 2 rings (SSSR count). The Hall–Kier alpha value is -1.03. The summed E-state index contributed by atoms with van der Waals surface area (Å²) in [6.07, 6.45) is 4.76. The third-order valence-corrected chi connectivity index (χ3v) is 4.92. The summed E-state index contributed by atoms with van der Waals surface area (Å²) < 4.78 is 0.793. The van der Waals surface area contributed by atoms with Crippen molar-refractivity contribution < 1.29 is 4.79 Å². The first-order chi connectivity index (χ1) is 9.49. The first kappa shape index (κ1) is 15.4. The molecule has 2 unspecified atom stereocenters. The molecule has 110 valence electrons. The van der Waals surface area contributed by atoms with Crippen LogP contribution in [-0.2, 0) is 0 Å². The molecule has 1 amide bonds. The van der Waals surface area contributed by atoms with Crippen molar-refractivity contribution in [2.24, 2.45) is 11.8 Å². The Bertz CT molecular complexity index is 487. The predicted octanol–water partition coefficient (Wildman–Crippen LogP) is 3.98. The van der Waals surface area contributed by atoms with Crippen molar-refractivity contribution in [1.29, 1.82) is 0 Å². The highest BCUT2D eigenvalue weighted by Gasteiger charge is 2.29. The number of nitrogens with one attached hydrogen (secondary N) is 1. The summed E-state index contributed by atoms with van der Waals surface area (Å²) in [5, 5.41) is 3.21. The van der Waals surface area contributed by atoms with Crippen molar-refractivity contribution in [2.45, 2.75) is 45.6 Å². The maximum absolute atomic E-state index is 12.5. The summed E-state index contributed by atoms with van der Waals surface area (Å²) in [5.74, 6) is 1.15. The van der Waals surface area contributed by atoms with Crippen LogP contribution >= 0.6 is 15.9 Å². The number of benzene rings is 1. The molecule has 4 heteroatoms. The molecular weight excluding hydrogens is 316 g/mol. The zero-order valence-corrected chi connectivity index (χ0v) is 13.7. The third kappa shape index (κ3) is 3.54. The normalized spacial score (nSPS) is 22.8. The quantitative estimate of drug-likeness (QED) is 0.819. The molecule has 20 heavy (non-hydrogen) atoms. The molecule has 0 saturated heterocycles. The number of carbonyl (C=O) groups is 1. The number of halogens is 1. The van der Waals surface area contributed by atoms with Gasteiger partial charge in [0.05, 0.1) is 5.56 Å². The molecule has 0 radical (unpaired) electrons. The Morgan fingerprint density at radius 3 is 2.75 bits per heavy atom. The second kappa shape index (κ2) is 6.61. The van der Waals surface area contributed by atoms with Crippen molar-refractivity contribution >= 4 is 27.5 Å². The number of anilines is 1. The molecule has 1 aromatic rings. The lowest BCUT2D eigenvalue weighted by Crippen LogP contribution is -2.44. The van der Waals surface area contributed by atoms with E-state index < -0.39 is 0 Å². The molecule has 1 fully saturated rings. The molecule has 1 aliphatic carbocycles. The molecule has 1 aliphatic rings. The molecule has 3 N–H and O–H groups in total. The minimum Gasteiger partial charge on any atom is -0.399 e. The van der Waals surface area contributed by atoms with Gasteiger partial charge in [-0.2, -0.15) is 0 Å². The molecule has 1 saturated carbocycles. The van der Waals surface area contributed by atoms with Gasteiger partial charge < -0.3 is 11.1 Å². The summed E-state index contributed by atoms with van der Waals surface area (Å²) in [7, 11) is 0. The fourth-order valence-electron chi connectivity index (χ4n) is 3.10. The van der Waals surface area contributed by atoms with E-state index >= 15 is 0 Å². The van der Waals surface area contributed by atoms with Gasteiger partial charge in [0.25, 0.3) is 5.91 Å². The van der Waals surface area contributed by atoms with Gasteiger partial charge in [-0.25, -0.2) is 0 Å². The van der Waals surface area contributed by atoms with Crippen LogP contribution in [0.15, 0.2) is 22.7 Å². The fourth-order valence-corrected chi connectivity index (χ4v) is 3.53. The van der Waals surface area contributed by atoms with E-state index in [0.29, 0.717) is 23.1 Å². The molecule has 0 heterocycles. The Morgan fingerprint density at radius 2 is 2.05 bits per heavy atom. The lowest BCUT2D eigenvalue weighted by atomic mass is 9.78. The first-order valence-electron chi connectivity index (χ1n) is 7.35. The molecule has 1 aromatic carbocycles. The third-order valence-electron chi connectivity index (χ3n) is 4.23. The van der Waals surface area contributed by atoms with E-state index in [4.69, 9.17) is 5.73 Å². The lowest BCUT2D eigenvalue weighted by Gasteiger charge is -2.35. The van der Waals surface area contributed by atoms with Crippen molar-refractivity contribution in [1.82, 2.24) is 5.32 Å². The van der Waals surface area contributed by atoms with Gasteiger partial charge in [0, 0.05) is 16.2 Å². The van der Waals surface area contributed by atoms with Gasteiger partial charge in [-0.3, -0.25) is 4.79 Å². The van der Waals surface area contributed by atoms with Crippen molar-refractivity contribution in [3.05, 3.63) is 28.2 Å². The molecule has 2 atom stereocenters. The summed E-state index contributed by atoms with van der Waals surface area (Å²) in [5.41, 5.74) is 7.01. The number of nitrogens with two attached hydrogens (primary N) is 1. The van der Waals surface area contributed by atoms with E-state index in [-0.39, 0.29) is 11.9 Å². The van der Waals surface area contributed by atoms with E-state index in [1.807, 2.05) is 6.07 Å². The molecule has 3 nitrogen and oxygen atoms in total. The standard InChI is InChI=1S/C16H23BrN2O/c1-10(2)12-5-3-4-6-15(12)19-16(20)13-9-11(18)7-8-14(13)17/h7-10,12,15H,3-6,18H2,1-2H3,(H,19,20). The highest BCUT2D eigenvalue weighted by molar-refractivity contribution is 9.10. The second-order valence-corrected chi connectivity index (χ2v) is 6.87. The lowest BCUT2D eigenvalue weighted by molar-refractivity contribution is 0.0888. The number of amides is 1. The van der Waals surface area contributed by atoms with E-state index in [1.54, 1.807) is 12.1 Å². The number of rotatable bonds is 3. The van der Waals surface area contributed by atoms with Crippen LogP contribution in [-0.4, -0.2) is 11.9 Å². The maximum Gasteiger partial charge on any atom is 0.252 e. The number of hydrogen-bond donors (Lipinski definition) is 2. The van der Waals surface area contributed by atoms with Crippen LogP contribution in [0.1, 0.15) is 49.9 Å². The van der Waals surface area contributed by atoms with Crippen LogP contribution in [0.2, 0.25) is 0 Å². The topological polar surface area (TPSA) is 55.1 Å². The summed E-state index contributed by atoms with van der Waals surface area (Å²) in [6, 6.07) is 5.63. The average Bonchev–Trinajstić information content (AvgIpc) is 2.41. The van der Waals surface area contributed by atoms with Gasteiger partial charge in [0.15, 0.2) is 0 Å². The second-order valence-electron chi connectivity index (χ2n) is 6.01. The summed E-state index contributed by atoms with van der Waals surface area (Å²) in [4.78, 5) is 12.5. The van der Waals surface area contributed by atoms with Gasteiger partial charge in [0.1, 0.15) is 0 Å². The summed E-state index contributed by atoms with van der Waals surface area (Å²) in [6.45, 7) is 4.48. The monoisotopic (exact) mass is 338 g/mol. The fraction of sp³-hybridized carbons (Fsp3) is 0.562. The van der Waals surface area contributed by atoms with Crippen LogP contribution in [0.4, 0.5) is 5.69 Å².